The standard InChI is InChI=1S/C11H15NO/c1-8(2)11-5-4-10(7-12-11)6-9(3)13/h4-5,7-8H,6H2,1-3H3. The highest BCUT2D eigenvalue weighted by atomic mass is 16.1. The monoisotopic (exact) mass is 177 g/mol. The number of carbonyl (C=O) groups is 1. The van der Waals surface area contributed by atoms with Crippen LogP contribution in [0.5, 0.6) is 0 Å². The van der Waals surface area contributed by atoms with Gasteiger partial charge in [0, 0.05) is 18.3 Å². The Bertz CT molecular complexity index is 287. The van der Waals surface area contributed by atoms with E-state index in [1.54, 1.807) is 13.1 Å². The first-order chi connectivity index (χ1) is 6.09. The van der Waals surface area contributed by atoms with E-state index in [4.69, 9.17) is 0 Å². The summed E-state index contributed by atoms with van der Waals surface area (Å²) < 4.78 is 0. The van der Waals surface area contributed by atoms with Gasteiger partial charge in [0.15, 0.2) is 0 Å². The lowest BCUT2D eigenvalue weighted by Crippen LogP contribution is -1.98. The molecular formula is C11H15NO. The van der Waals surface area contributed by atoms with E-state index >= 15 is 0 Å². The number of aromatic nitrogens is 1. The van der Waals surface area contributed by atoms with Gasteiger partial charge in [0.2, 0.25) is 0 Å². The quantitative estimate of drug-likeness (QED) is 0.709. The zero-order valence-electron chi connectivity index (χ0n) is 8.37. The van der Waals surface area contributed by atoms with Crippen LogP contribution in [-0.4, -0.2) is 10.8 Å². The van der Waals surface area contributed by atoms with Gasteiger partial charge in [0.25, 0.3) is 0 Å². The molecule has 70 valence electrons. The van der Waals surface area contributed by atoms with Crippen molar-refractivity contribution < 1.29 is 4.79 Å². The van der Waals surface area contributed by atoms with Crippen LogP contribution < -0.4 is 0 Å². The third-order valence-electron chi connectivity index (χ3n) is 1.89. The first-order valence-electron chi connectivity index (χ1n) is 4.54. The molecule has 0 radical (unpaired) electrons. The Hall–Kier alpha value is -1.18. The van der Waals surface area contributed by atoms with Crippen molar-refractivity contribution in [2.75, 3.05) is 0 Å². The van der Waals surface area contributed by atoms with E-state index in [1.807, 2.05) is 12.1 Å². The lowest BCUT2D eigenvalue weighted by molar-refractivity contribution is -0.116. The zero-order chi connectivity index (χ0) is 9.84. The van der Waals surface area contributed by atoms with Crippen molar-refractivity contribution in [1.29, 1.82) is 0 Å². The Morgan fingerprint density at radius 2 is 2.15 bits per heavy atom. The van der Waals surface area contributed by atoms with Crippen LogP contribution in [0.3, 0.4) is 0 Å². The number of hydrogen-bond acceptors (Lipinski definition) is 2. The molecule has 0 bridgehead atoms. The fraction of sp³-hybridized carbons (Fsp3) is 0.455. The molecule has 1 heterocycles. The van der Waals surface area contributed by atoms with Gasteiger partial charge < -0.3 is 0 Å². The van der Waals surface area contributed by atoms with Gasteiger partial charge in [-0.15, -0.1) is 0 Å². The third-order valence-corrected chi connectivity index (χ3v) is 1.89. The van der Waals surface area contributed by atoms with E-state index in [0.717, 1.165) is 11.3 Å². The van der Waals surface area contributed by atoms with Gasteiger partial charge in [-0.05, 0) is 24.5 Å². The Morgan fingerprint density at radius 3 is 2.54 bits per heavy atom. The van der Waals surface area contributed by atoms with Gasteiger partial charge in [-0.2, -0.15) is 0 Å². The van der Waals surface area contributed by atoms with Crippen LogP contribution in [0.4, 0.5) is 0 Å². The number of nitrogens with zero attached hydrogens (tertiary/aromatic N) is 1. The number of carbonyl (C=O) groups excluding carboxylic acids is 1. The van der Waals surface area contributed by atoms with Gasteiger partial charge in [-0.25, -0.2) is 0 Å². The molecule has 0 atom stereocenters. The number of Topliss-reactive ketones (excluding diaryl/α,β-unsaturated/α-hetero) is 1. The fourth-order valence-electron chi connectivity index (χ4n) is 1.17. The second-order valence-electron chi connectivity index (χ2n) is 3.62. The van der Waals surface area contributed by atoms with E-state index in [0.29, 0.717) is 12.3 Å². The molecule has 0 fully saturated rings. The number of hydrogen-bond donors (Lipinski definition) is 0. The van der Waals surface area contributed by atoms with Crippen molar-refractivity contribution >= 4 is 5.78 Å². The predicted molar refractivity (Wildman–Crippen MR) is 52.7 cm³/mol. The van der Waals surface area contributed by atoms with Gasteiger partial charge in [0.05, 0.1) is 0 Å². The van der Waals surface area contributed by atoms with E-state index in [-0.39, 0.29) is 5.78 Å². The molecule has 0 amide bonds. The summed E-state index contributed by atoms with van der Waals surface area (Å²) in [4.78, 5) is 15.1. The van der Waals surface area contributed by atoms with Crippen LogP contribution in [0, 0.1) is 0 Å². The maximum absolute atomic E-state index is 10.8. The summed E-state index contributed by atoms with van der Waals surface area (Å²) in [5.41, 5.74) is 2.07. The number of ketones is 1. The topological polar surface area (TPSA) is 30.0 Å². The molecule has 0 aliphatic carbocycles. The van der Waals surface area contributed by atoms with Crippen LogP contribution in [0.15, 0.2) is 18.3 Å². The Morgan fingerprint density at radius 1 is 1.46 bits per heavy atom. The first-order valence-corrected chi connectivity index (χ1v) is 4.54. The Kier molecular flexibility index (Phi) is 3.18. The van der Waals surface area contributed by atoms with Gasteiger partial charge >= 0.3 is 0 Å². The van der Waals surface area contributed by atoms with Crippen LogP contribution in [0.25, 0.3) is 0 Å². The van der Waals surface area contributed by atoms with Crippen molar-refractivity contribution in [3.8, 4) is 0 Å². The summed E-state index contributed by atoms with van der Waals surface area (Å²) >= 11 is 0. The van der Waals surface area contributed by atoms with Crippen molar-refractivity contribution in [3.63, 3.8) is 0 Å². The van der Waals surface area contributed by atoms with Crippen LogP contribution in [0.1, 0.15) is 37.9 Å². The minimum absolute atomic E-state index is 0.180. The van der Waals surface area contributed by atoms with E-state index in [9.17, 15) is 4.79 Å². The Labute approximate surface area is 79.0 Å². The van der Waals surface area contributed by atoms with Gasteiger partial charge in [0.1, 0.15) is 5.78 Å². The maximum Gasteiger partial charge on any atom is 0.134 e. The molecule has 2 nitrogen and oxygen atoms in total. The van der Waals surface area contributed by atoms with Crippen LogP contribution in [-0.2, 0) is 11.2 Å². The molecule has 13 heavy (non-hydrogen) atoms. The van der Waals surface area contributed by atoms with Crippen molar-refractivity contribution in [1.82, 2.24) is 4.98 Å². The number of rotatable bonds is 3. The molecule has 0 unspecified atom stereocenters. The molecule has 1 rings (SSSR count). The predicted octanol–water partition coefficient (Wildman–Crippen LogP) is 2.34. The highest BCUT2D eigenvalue weighted by Crippen LogP contribution is 2.11. The smallest absolute Gasteiger partial charge is 0.134 e. The van der Waals surface area contributed by atoms with Crippen molar-refractivity contribution in [2.24, 2.45) is 0 Å². The molecule has 0 aromatic carbocycles. The molecule has 1 aromatic rings. The summed E-state index contributed by atoms with van der Waals surface area (Å²) in [5.74, 6) is 0.630. The summed E-state index contributed by atoms with van der Waals surface area (Å²) in [5, 5.41) is 0. The van der Waals surface area contributed by atoms with E-state index in [2.05, 4.69) is 18.8 Å². The first kappa shape index (κ1) is 9.90. The zero-order valence-corrected chi connectivity index (χ0v) is 8.37. The summed E-state index contributed by atoms with van der Waals surface area (Å²) in [6.45, 7) is 5.80. The summed E-state index contributed by atoms with van der Waals surface area (Å²) in [6.07, 6.45) is 2.28. The van der Waals surface area contributed by atoms with Crippen molar-refractivity contribution in [2.45, 2.75) is 33.1 Å². The SMILES string of the molecule is CC(=O)Cc1ccc(C(C)C)nc1. The molecule has 0 aliphatic heterocycles. The molecule has 0 aliphatic rings. The highest BCUT2D eigenvalue weighted by Gasteiger charge is 2.01. The lowest BCUT2D eigenvalue weighted by atomic mass is 10.1. The van der Waals surface area contributed by atoms with Gasteiger partial charge in [-0.1, -0.05) is 19.9 Å². The molecule has 1 aromatic heterocycles. The number of pyridine rings is 1. The lowest BCUT2D eigenvalue weighted by Gasteiger charge is -2.04. The summed E-state index contributed by atoms with van der Waals surface area (Å²) in [6, 6.07) is 3.96. The molecular weight excluding hydrogens is 162 g/mol. The van der Waals surface area contributed by atoms with Gasteiger partial charge in [-0.3, -0.25) is 9.78 Å². The minimum Gasteiger partial charge on any atom is -0.300 e. The summed E-state index contributed by atoms with van der Waals surface area (Å²) in [7, 11) is 0. The van der Waals surface area contributed by atoms with Crippen LogP contribution >= 0.6 is 0 Å². The van der Waals surface area contributed by atoms with E-state index in [1.165, 1.54) is 0 Å². The fourth-order valence-corrected chi connectivity index (χ4v) is 1.17. The minimum atomic E-state index is 0.180. The maximum atomic E-state index is 10.8. The van der Waals surface area contributed by atoms with E-state index < -0.39 is 0 Å². The average Bonchev–Trinajstić information content (AvgIpc) is 2.04. The second kappa shape index (κ2) is 4.17. The highest BCUT2D eigenvalue weighted by molar-refractivity contribution is 5.78. The van der Waals surface area contributed by atoms with Crippen molar-refractivity contribution in [3.05, 3.63) is 29.6 Å². The normalized spacial score (nSPS) is 10.5. The molecule has 0 N–H and O–H groups in total. The molecule has 0 saturated heterocycles. The molecule has 2 heteroatoms. The Balaban J connectivity index is 2.75. The average molecular weight is 177 g/mol. The van der Waals surface area contributed by atoms with Crippen LogP contribution in [0.2, 0.25) is 0 Å². The second-order valence-corrected chi connectivity index (χ2v) is 3.62. The largest absolute Gasteiger partial charge is 0.300 e. The molecule has 0 saturated carbocycles. The third kappa shape index (κ3) is 2.98. The molecule has 0 spiro atoms.